The van der Waals surface area contributed by atoms with E-state index in [0.717, 1.165) is 24.1 Å². The number of carboxylic acids is 1. The third kappa shape index (κ3) is 4.79. The molecule has 1 aromatic rings. The summed E-state index contributed by atoms with van der Waals surface area (Å²) in [6.45, 7) is 2.44. The minimum atomic E-state index is -0.908. The second-order valence-corrected chi connectivity index (χ2v) is 5.80. The van der Waals surface area contributed by atoms with Crippen LogP contribution in [0, 0.1) is 0 Å². The molecule has 1 aromatic carbocycles. The average Bonchev–Trinajstić information content (AvgIpc) is 3.02. The molecule has 1 atom stereocenters. The maximum atomic E-state index is 12.0. The van der Waals surface area contributed by atoms with Gasteiger partial charge in [0.1, 0.15) is 6.04 Å². The van der Waals surface area contributed by atoms with Gasteiger partial charge in [-0.25, -0.2) is 0 Å². The van der Waals surface area contributed by atoms with Gasteiger partial charge in [-0.1, -0.05) is 25.1 Å². The van der Waals surface area contributed by atoms with E-state index in [-0.39, 0.29) is 24.9 Å². The summed E-state index contributed by atoms with van der Waals surface area (Å²) in [4.78, 5) is 36.6. The normalized spacial score (nSPS) is 17.5. The van der Waals surface area contributed by atoms with Crippen LogP contribution >= 0.6 is 0 Å². The molecule has 24 heavy (non-hydrogen) atoms. The van der Waals surface area contributed by atoms with Crippen molar-refractivity contribution >= 4 is 23.5 Å². The number of carboxylic acid groups (broad SMARTS) is 1. The predicted octanol–water partition coefficient (Wildman–Crippen LogP) is 0.853. The van der Waals surface area contributed by atoms with Crippen molar-refractivity contribution in [2.24, 2.45) is 0 Å². The minimum absolute atomic E-state index is 0.00417. The van der Waals surface area contributed by atoms with Crippen LogP contribution < -0.4 is 10.6 Å². The molecule has 3 N–H and O–H groups in total. The van der Waals surface area contributed by atoms with Crippen LogP contribution in [0.15, 0.2) is 24.3 Å². The van der Waals surface area contributed by atoms with Crippen molar-refractivity contribution in [2.75, 3.05) is 25.0 Å². The first kappa shape index (κ1) is 17.9. The fourth-order valence-corrected chi connectivity index (χ4v) is 2.86. The van der Waals surface area contributed by atoms with Gasteiger partial charge in [0.2, 0.25) is 11.8 Å². The van der Waals surface area contributed by atoms with Crippen molar-refractivity contribution in [3.63, 3.8) is 0 Å². The number of nitrogens with zero attached hydrogens (tertiary/aromatic N) is 1. The second kappa shape index (κ2) is 8.44. The molecule has 0 radical (unpaired) electrons. The largest absolute Gasteiger partial charge is 0.480 e. The van der Waals surface area contributed by atoms with Crippen LogP contribution in [0.2, 0.25) is 0 Å². The van der Waals surface area contributed by atoms with Crippen molar-refractivity contribution in [1.29, 1.82) is 0 Å². The molecule has 0 aromatic heterocycles. The van der Waals surface area contributed by atoms with Gasteiger partial charge in [0.15, 0.2) is 0 Å². The van der Waals surface area contributed by atoms with Crippen molar-refractivity contribution in [2.45, 2.75) is 32.2 Å². The summed E-state index contributed by atoms with van der Waals surface area (Å²) in [5.41, 5.74) is 1.77. The summed E-state index contributed by atoms with van der Waals surface area (Å²) in [5.74, 6) is -1.56. The number of hydrogen-bond donors (Lipinski definition) is 3. The zero-order valence-corrected chi connectivity index (χ0v) is 13.7. The number of amides is 2. The summed E-state index contributed by atoms with van der Waals surface area (Å²) in [7, 11) is 0. The quantitative estimate of drug-likeness (QED) is 0.687. The molecule has 1 saturated heterocycles. The third-order valence-corrected chi connectivity index (χ3v) is 4.11. The number of aryl methyl sites for hydroxylation is 1. The summed E-state index contributed by atoms with van der Waals surface area (Å²) >= 11 is 0. The highest BCUT2D eigenvalue weighted by Crippen LogP contribution is 2.17. The molecule has 0 bridgehead atoms. The van der Waals surface area contributed by atoms with Crippen molar-refractivity contribution in [3.8, 4) is 0 Å². The Morgan fingerprint density at radius 3 is 2.71 bits per heavy atom. The highest BCUT2D eigenvalue weighted by atomic mass is 16.4. The fourth-order valence-electron chi connectivity index (χ4n) is 2.86. The molecule has 2 amide bonds. The van der Waals surface area contributed by atoms with Crippen LogP contribution in [-0.4, -0.2) is 53.5 Å². The topological polar surface area (TPSA) is 98.7 Å². The summed E-state index contributed by atoms with van der Waals surface area (Å²) in [5, 5.41) is 14.4. The Kier molecular flexibility index (Phi) is 6.31. The maximum Gasteiger partial charge on any atom is 0.320 e. The third-order valence-electron chi connectivity index (χ3n) is 4.11. The van der Waals surface area contributed by atoms with Crippen molar-refractivity contribution in [3.05, 3.63) is 29.8 Å². The number of anilines is 1. The first-order valence-corrected chi connectivity index (χ1v) is 8.12. The molecule has 1 aliphatic heterocycles. The average molecular weight is 333 g/mol. The van der Waals surface area contributed by atoms with Gasteiger partial charge < -0.3 is 15.7 Å². The predicted molar refractivity (Wildman–Crippen MR) is 89.7 cm³/mol. The van der Waals surface area contributed by atoms with Crippen molar-refractivity contribution in [1.82, 2.24) is 10.2 Å². The van der Waals surface area contributed by atoms with Gasteiger partial charge in [0.25, 0.3) is 0 Å². The zero-order chi connectivity index (χ0) is 17.5. The van der Waals surface area contributed by atoms with Gasteiger partial charge in [-0.3, -0.25) is 19.3 Å². The SMILES string of the molecule is CCc1ccccc1NC(=O)CNC(=O)CN1CCC[C@H]1C(=O)O. The number of benzene rings is 1. The van der Waals surface area contributed by atoms with E-state index < -0.39 is 12.0 Å². The molecule has 1 aliphatic rings. The van der Waals surface area contributed by atoms with Crippen LogP contribution in [0.25, 0.3) is 0 Å². The van der Waals surface area contributed by atoms with E-state index in [1.807, 2.05) is 31.2 Å². The Labute approximate surface area is 141 Å². The van der Waals surface area contributed by atoms with E-state index in [2.05, 4.69) is 10.6 Å². The Morgan fingerprint density at radius 2 is 2.00 bits per heavy atom. The molecule has 0 aliphatic carbocycles. The number of carbonyl (C=O) groups excluding carboxylic acids is 2. The standard InChI is InChI=1S/C17H23N3O4/c1-2-12-6-3-4-7-13(12)19-15(21)10-18-16(22)11-20-9-5-8-14(20)17(23)24/h3-4,6-7,14H,2,5,8-11H2,1H3,(H,18,22)(H,19,21)(H,23,24)/t14-/m0/s1. The number of likely N-dealkylation sites (tertiary alicyclic amines) is 1. The lowest BCUT2D eigenvalue weighted by Crippen LogP contribution is -2.44. The van der Waals surface area contributed by atoms with E-state index in [9.17, 15) is 14.4 Å². The Hall–Kier alpha value is -2.41. The molecule has 130 valence electrons. The number of aliphatic carboxylic acids is 1. The van der Waals surface area contributed by atoms with Crippen LogP contribution in [0.1, 0.15) is 25.3 Å². The van der Waals surface area contributed by atoms with Crippen molar-refractivity contribution < 1.29 is 19.5 Å². The highest BCUT2D eigenvalue weighted by molar-refractivity contribution is 5.95. The minimum Gasteiger partial charge on any atom is -0.480 e. The molecule has 0 saturated carbocycles. The number of rotatable bonds is 7. The van der Waals surface area contributed by atoms with E-state index in [1.165, 1.54) is 0 Å². The zero-order valence-electron chi connectivity index (χ0n) is 13.7. The number of nitrogens with one attached hydrogen (secondary N) is 2. The molecule has 0 spiro atoms. The van der Waals surface area contributed by atoms with Gasteiger partial charge in [-0.05, 0) is 37.4 Å². The van der Waals surface area contributed by atoms with Crippen LogP contribution in [0.5, 0.6) is 0 Å². The van der Waals surface area contributed by atoms with Gasteiger partial charge in [-0.15, -0.1) is 0 Å². The Balaban J connectivity index is 1.79. The van der Waals surface area contributed by atoms with Gasteiger partial charge in [0, 0.05) is 5.69 Å². The Morgan fingerprint density at radius 1 is 1.25 bits per heavy atom. The lowest BCUT2D eigenvalue weighted by molar-refractivity contribution is -0.142. The molecular formula is C17H23N3O4. The number of hydrogen-bond acceptors (Lipinski definition) is 4. The van der Waals surface area contributed by atoms with E-state index in [1.54, 1.807) is 4.90 Å². The van der Waals surface area contributed by atoms with E-state index in [4.69, 9.17) is 5.11 Å². The molecule has 2 rings (SSSR count). The van der Waals surface area contributed by atoms with E-state index in [0.29, 0.717) is 13.0 Å². The van der Waals surface area contributed by atoms with E-state index >= 15 is 0 Å². The van der Waals surface area contributed by atoms with Gasteiger partial charge in [0.05, 0.1) is 13.1 Å². The lowest BCUT2D eigenvalue weighted by Gasteiger charge is -2.20. The molecule has 1 heterocycles. The second-order valence-electron chi connectivity index (χ2n) is 5.80. The monoisotopic (exact) mass is 333 g/mol. The first-order chi connectivity index (χ1) is 11.5. The van der Waals surface area contributed by atoms with Crippen LogP contribution in [0.4, 0.5) is 5.69 Å². The van der Waals surface area contributed by atoms with Crippen LogP contribution in [0.3, 0.4) is 0 Å². The summed E-state index contributed by atoms with van der Waals surface area (Å²) in [6, 6.07) is 6.90. The smallest absolute Gasteiger partial charge is 0.320 e. The summed E-state index contributed by atoms with van der Waals surface area (Å²) < 4.78 is 0. The van der Waals surface area contributed by atoms with Gasteiger partial charge in [-0.2, -0.15) is 0 Å². The lowest BCUT2D eigenvalue weighted by atomic mass is 10.1. The molecule has 0 unspecified atom stereocenters. The Bertz CT molecular complexity index is 618. The molecular weight excluding hydrogens is 310 g/mol. The highest BCUT2D eigenvalue weighted by Gasteiger charge is 2.31. The molecule has 7 heteroatoms. The molecule has 7 nitrogen and oxygen atoms in total. The number of para-hydroxylation sites is 1. The summed E-state index contributed by atoms with van der Waals surface area (Å²) in [6.07, 6.45) is 2.11. The first-order valence-electron chi connectivity index (χ1n) is 8.12. The number of carbonyl (C=O) groups is 3. The van der Waals surface area contributed by atoms with Crippen LogP contribution in [-0.2, 0) is 20.8 Å². The molecule has 1 fully saturated rings. The maximum absolute atomic E-state index is 12.0. The fraction of sp³-hybridized carbons (Fsp3) is 0.471. The van der Waals surface area contributed by atoms with Gasteiger partial charge >= 0.3 is 5.97 Å².